The van der Waals surface area contributed by atoms with Crippen LogP contribution in [0.4, 0.5) is 5.69 Å². The fourth-order valence-corrected chi connectivity index (χ4v) is 2.00. The summed E-state index contributed by atoms with van der Waals surface area (Å²) < 4.78 is 10.4. The van der Waals surface area contributed by atoms with Crippen LogP contribution in [0.15, 0.2) is 47.6 Å². The van der Waals surface area contributed by atoms with Gasteiger partial charge in [-0.3, -0.25) is 10.1 Å². The first kappa shape index (κ1) is 15.3. The van der Waals surface area contributed by atoms with Crippen LogP contribution in [-0.2, 0) is 0 Å². The Morgan fingerprint density at radius 1 is 1.14 bits per heavy atom. The number of non-ortho nitro benzene ring substituents is 1. The Morgan fingerprint density at radius 2 is 1.82 bits per heavy atom. The fourth-order valence-electron chi connectivity index (χ4n) is 2.00. The average molecular weight is 302 g/mol. The summed E-state index contributed by atoms with van der Waals surface area (Å²) in [7, 11) is 3.02. The number of hydrogen-bond donors (Lipinski definition) is 1. The topological polar surface area (TPSA) is 94.2 Å². The molecule has 0 spiro atoms. The van der Waals surface area contributed by atoms with Crippen molar-refractivity contribution in [1.82, 2.24) is 0 Å². The summed E-state index contributed by atoms with van der Waals surface area (Å²) in [6.07, 6.45) is 0. The van der Waals surface area contributed by atoms with Gasteiger partial charge in [-0.1, -0.05) is 5.16 Å². The van der Waals surface area contributed by atoms with E-state index < -0.39 is 4.92 Å². The van der Waals surface area contributed by atoms with E-state index in [9.17, 15) is 15.3 Å². The molecule has 2 rings (SSSR count). The Labute approximate surface area is 126 Å². The SMILES string of the molecule is COc1ccc(C(=NO)c2ccc([N+](=O)[O-])cc2)c(OC)c1. The van der Waals surface area contributed by atoms with Gasteiger partial charge in [0.05, 0.1) is 19.1 Å². The standard InChI is InChI=1S/C15H14N2O5/c1-21-12-7-8-13(14(9-12)22-2)15(16-18)10-3-5-11(6-4-10)17(19)20/h3-9,18H,1-2H3. The van der Waals surface area contributed by atoms with Crippen LogP contribution in [-0.4, -0.2) is 30.1 Å². The van der Waals surface area contributed by atoms with Crippen molar-refractivity contribution in [3.8, 4) is 11.5 Å². The highest BCUT2D eigenvalue weighted by molar-refractivity contribution is 6.14. The predicted octanol–water partition coefficient (Wildman–Crippen LogP) is 2.84. The highest BCUT2D eigenvalue weighted by Gasteiger charge is 2.15. The Hall–Kier alpha value is -3.09. The van der Waals surface area contributed by atoms with Crippen LogP contribution in [0.5, 0.6) is 11.5 Å². The molecule has 1 N–H and O–H groups in total. The third-order valence-corrected chi connectivity index (χ3v) is 3.12. The van der Waals surface area contributed by atoms with Crippen molar-refractivity contribution >= 4 is 11.4 Å². The third kappa shape index (κ3) is 2.98. The Balaban J connectivity index is 2.46. The molecule has 0 unspecified atom stereocenters. The van der Waals surface area contributed by atoms with E-state index in [0.717, 1.165) is 0 Å². The summed E-state index contributed by atoms with van der Waals surface area (Å²) in [5.74, 6) is 1.06. The van der Waals surface area contributed by atoms with Gasteiger partial charge in [0.15, 0.2) is 0 Å². The van der Waals surface area contributed by atoms with Crippen molar-refractivity contribution in [3.05, 3.63) is 63.7 Å². The van der Waals surface area contributed by atoms with Crippen molar-refractivity contribution in [2.24, 2.45) is 5.16 Å². The van der Waals surface area contributed by atoms with Crippen LogP contribution in [0.2, 0.25) is 0 Å². The van der Waals surface area contributed by atoms with Gasteiger partial charge in [-0.25, -0.2) is 0 Å². The van der Waals surface area contributed by atoms with E-state index >= 15 is 0 Å². The van der Waals surface area contributed by atoms with Crippen molar-refractivity contribution in [2.75, 3.05) is 14.2 Å². The smallest absolute Gasteiger partial charge is 0.269 e. The minimum absolute atomic E-state index is 0.0391. The number of methoxy groups -OCH3 is 2. The lowest BCUT2D eigenvalue weighted by Gasteiger charge is -2.11. The van der Waals surface area contributed by atoms with Crippen LogP contribution in [0.1, 0.15) is 11.1 Å². The molecular weight excluding hydrogens is 288 g/mol. The molecule has 2 aromatic carbocycles. The van der Waals surface area contributed by atoms with Gasteiger partial charge in [0.1, 0.15) is 17.2 Å². The second kappa shape index (κ2) is 6.57. The summed E-state index contributed by atoms with van der Waals surface area (Å²) in [6.45, 7) is 0. The number of rotatable bonds is 5. The first-order valence-corrected chi connectivity index (χ1v) is 6.30. The van der Waals surface area contributed by atoms with E-state index in [-0.39, 0.29) is 11.4 Å². The highest BCUT2D eigenvalue weighted by Crippen LogP contribution is 2.27. The second-order valence-corrected chi connectivity index (χ2v) is 4.32. The van der Waals surface area contributed by atoms with E-state index in [1.807, 2.05) is 0 Å². The molecule has 7 heteroatoms. The van der Waals surface area contributed by atoms with Crippen LogP contribution >= 0.6 is 0 Å². The molecule has 0 heterocycles. The van der Waals surface area contributed by atoms with Crippen LogP contribution in [0.25, 0.3) is 0 Å². The molecule has 0 atom stereocenters. The van der Waals surface area contributed by atoms with E-state index in [0.29, 0.717) is 22.6 Å². The van der Waals surface area contributed by atoms with Crippen molar-refractivity contribution in [3.63, 3.8) is 0 Å². The number of ether oxygens (including phenoxy) is 2. The number of oxime groups is 1. The zero-order chi connectivity index (χ0) is 16.1. The largest absolute Gasteiger partial charge is 0.497 e. The quantitative estimate of drug-likeness (QED) is 0.396. The minimum atomic E-state index is -0.493. The zero-order valence-electron chi connectivity index (χ0n) is 12.0. The number of nitro groups is 1. The summed E-state index contributed by atoms with van der Waals surface area (Å²) in [4.78, 5) is 10.2. The van der Waals surface area contributed by atoms with Gasteiger partial charge < -0.3 is 14.7 Å². The molecule has 0 aliphatic carbocycles. The van der Waals surface area contributed by atoms with Gasteiger partial charge in [-0.15, -0.1) is 0 Å². The van der Waals surface area contributed by atoms with Gasteiger partial charge >= 0.3 is 0 Å². The third-order valence-electron chi connectivity index (χ3n) is 3.12. The van der Waals surface area contributed by atoms with Gasteiger partial charge in [0, 0.05) is 29.3 Å². The maximum absolute atomic E-state index is 10.7. The van der Waals surface area contributed by atoms with E-state index in [4.69, 9.17) is 9.47 Å². The number of hydrogen-bond acceptors (Lipinski definition) is 6. The van der Waals surface area contributed by atoms with E-state index in [1.165, 1.54) is 38.5 Å². The lowest BCUT2D eigenvalue weighted by atomic mass is 10.0. The molecule has 0 aliphatic heterocycles. The van der Waals surface area contributed by atoms with Crippen molar-refractivity contribution < 1.29 is 19.6 Å². The molecule has 114 valence electrons. The van der Waals surface area contributed by atoms with Gasteiger partial charge in [-0.05, 0) is 24.3 Å². The minimum Gasteiger partial charge on any atom is -0.497 e. The molecular formula is C15H14N2O5. The lowest BCUT2D eigenvalue weighted by molar-refractivity contribution is -0.384. The molecule has 2 aromatic rings. The van der Waals surface area contributed by atoms with Crippen molar-refractivity contribution in [2.45, 2.75) is 0 Å². The summed E-state index contributed by atoms with van der Waals surface area (Å²) >= 11 is 0. The monoisotopic (exact) mass is 302 g/mol. The molecule has 0 saturated carbocycles. The number of benzene rings is 2. The first-order valence-electron chi connectivity index (χ1n) is 6.30. The second-order valence-electron chi connectivity index (χ2n) is 4.32. The molecule has 0 aromatic heterocycles. The normalized spacial score (nSPS) is 11.1. The first-order chi connectivity index (χ1) is 10.6. The molecule has 0 radical (unpaired) electrons. The predicted molar refractivity (Wildman–Crippen MR) is 80.1 cm³/mol. The highest BCUT2D eigenvalue weighted by atomic mass is 16.6. The molecule has 0 aliphatic rings. The fraction of sp³-hybridized carbons (Fsp3) is 0.133. The molecule has 0 bridgehead atoms. The van der Waals surface area contributed by atoms with Crippen molar-refractivity contribution in [1.29, 1.82) is 0 Å². The van der Waals surface area contributed by atoms with Gasteiger partial charge in [0.2, 0.25) is 0 Å². The van der Waals surface area contributed by atoms with Gasteiger partial charge in [-0.2, -0.15) is 0 Å². The molecule has 22 heavy (non-hydrogen) atoms. The lowest BCUT2D eigenvalue weighted by Crippen LogP contribution is -2.06. The maximum atomic E-state index is 10.7. The van der Waals surface area contributed by atoms with E-state index in [2.05, 4.69) is 5.16 Å². The van der Waals surface area contributed by atoms with Crippen LogP contribution in [0, 0.1) is 10.1 Å². The van der Waals surface area contributed by atoms with E-state index in [1.54, 1.807) is 18.2 Å². The number of nitrogens with zero attached hydrogens (tertiary/aromatic N) is 2. The van der Waals surface area contributed by atoms with Crippen LogP contribution < -0.4 is 9.47 Å². The number of nitro benzene ring substituents is 1. The molecule has 7 nitrogen and oxygen atoms in total. The summed E-state index contributed by atoms with van der Waals surface area (Å²) in [6, 6.07) is 10.8. The Morgan fingerprint density at radius 3 is 2.32 bits per heavy atom. The molecule has 0 amide bonds. The molecule has 0 fully saturated rings. The molecule has 0 saturated heterocycles. The Kier molecular flexibility index (Phi) is 4.57. The Bertz CT molecular complexity index is 710. The van der Waals surface area contributed by atoms with Gasteiger partial charge in [0.25, 0.3) is 5.69 Å². The van der Waals surface area contributed by atoms with Crippen LogP contribution in [0.3, 0.4) is 0 Å². The average Bonchev–Trinajstić information content (AvgIpc) is 2.56. The zero-order valence-corrected chi connectivity index (χ0v) is 12.0. The maximum Gasteiger partial charge on any atom is 0.269 e. The summed E-state index contributed by atoms with van der Waals surface area (Å²) in [5, 5.41) is 23.3. The summed E-state index contributed by atoms with van der Waals surface area (Å²) in [5.41, 5.74) is 1.27.